The number of rotatable bonds is 1. The van der Waals surface area contributed by atoms with Crippen LogP contribution in [0.4, 0.5) is 6.01 Å². The molecular weight excluding hydrogens is 180 g/mol. The number of aromatic nitrogens is 2. The lowest BCUT2D eigenvalue weighted by molar-refractivity contribution is 0.437. The molecule has 0 saturated carbocycles. The molecule has 0 bridgehead atoms. The first-order valence-corrected chi connectivity index (χ1v) is 3.89. The predicted molar refractivity (Wildman–Crippen MR) is 48.9 cm³/mol. The van der Waals surface area contributed by atoms with Crippen molar-refractivity contribution in [2.75, 3.05) is 5.73 Å². The van der Waals surface area contributed by atoms with Gasteiger partial charge in [-0.15, -0.1) is 0 Å². The van der Waals surface area contributed by atoms with E-state index in [1.54, 1.807) is 24.3 Å². The summed E-state index contributed by atoms with van der Waals surface area (Å²) in [7, 11) is 0. The zero-order valence-electron chi connectivity index (χ0n) is 7.14. The van der Waals surface area contributed by atoms with Crippen molar-refractivity contribution in [1.29, 1.82) is 5.26 Å². The first-order valence-electron chi connectivity index (χ1n) is 3.89. The van der Waals surface area contributed by atoms with Crippen molar-refractivity contribution >= 4 is 6.01 Å². The normalized spacial score (nSPS) is 9.64. The number of nitrogens with zero attached hydrogens (tertiary/aromatic N) is 3. The van der Waals surface area contributed by atoms with Crippen LogP contribution in [0.25, 0.3) is 11.4 Å². The Hall–Kier alpha value is -2.35. The number of nitrogen functional groups attached to an aromatic ring is 1. The maximum absolute atomic E-state index is 8.68. The summed E-state index contributed by atoms with van der Waals surface area (Å²) in [5, 5.41) is 12.3. The van der Waals surface area contributed by atoms with Gasteiger partial charge in [0.2, 0.25) is 5.82 Å². The van der Waals surface area contributed by atoms with Crippen LogP contribution in [0.5, 0.6) is 0 Å². The third-order valence-corrected chi connectivity index (χ3v) is 1.69. The predicted octanol–water partition coefficient (Wildman–Crippen LogP) is 1.19. The highest BCUT2D eigenvalue weighted by Gasteiger charge is 2.05. The fourth-order valence-electron chi connectivity index (χ4n) is 1.08. The van der Waals surface area contributed by atoms with Gasteiger partial charge in [0.15, 0.2) is 0 Å². The Labute approximate surface area is 79.8 Å². The van der Waals surface area contributed by atoms with Gasteiger partial charge in [0.25, 0.3) is 0 Å². The lowest BCUT2D eigenvalue weighted by Crippen LogP contribution is -1.84. The molecule has 68 valence electrons. The summed E-state index contributed by atoms with van der Waals surface area (Å²) in [5.41, 5.74) is 6.54. The summed E-state index contributed by atoms with van der Waals surface area (Å²) in [5.74, 6) is 0.389. The number of nitriles is 1. The monoisotopic (exact) mass is 186 g/mol. The molecule has 2 aromatic rings. The summed E-state index contributed by atoms with van der Waals surface area (Å²) >= 11 is 0. The summed E-state index contributed by atoms with van der Waals surface area (Å²) in [4.78, 5) is 3.85. The van der Waals surface area contributed by atoms with Gasteiger partial charge in [-0.05, 0) is 12.1 Å². The van der Waals surface area contributed by atoms with Gasteiger partial charge in [-0.3, -0.25) is 0 Å². The fourth-order valence-corrected chi connectivity index (χ4v) is 1.08. The Kier molecular flexibility index (Phi) is 1.88. The topological polar surface area (TPSA) is 88.7 Å². The first kappa shape index (κ1) is 8.26. The molecule has 1 aromatic carbocycles. The molecule has 5 nitrogen and oxygen atoms in total. The average Bonchev–Trinajstić information content (AvgIpc) is 2.65. The van der Waals surface area contributed by atoms with E-state index in [0.717, 1.165) is 0 Å². The highest BCUT2D eigenvalue weighted by atomic mass is 16.5. The molecule has 5 heteroatoms. The van der Waals surface area contributed by atoms with Crippen molar-refractivity contribution in [3.05, 3.63) is 29.8 Å². The smallest absolute Gasteiger partial charge is 0.319 e. The largest absolute Gasteiger partial charge is 0.351 e. The molecule has 1 heterocycles. The van der Waals surface area contributed by atoms with Crippen LogP contribution in [-0.4, -0.2) is 10.1 Å². The molecule has 2 rings (SSSR count). The van der Waals surface area contributed by atoms with Crippen LogP contribution in [0.1, 0.15) is 5.56 Å². The van der Waals surface area contributed by atoms with E-state index in [9.17, 15) is 0 Å². The first-order chi connectivity index (χ1) is 6.79. The third kappa shape index (κ3) is 1.41. The van der Waals surface area contributed by atoms with Gasteiger partial charge in [-0.2, -0.15) is 10.2 Å². The van der Waals surface area contributed by atoms with Crippen molar-refractivity contribution in [2.24, 2.45) is 0 Å². The molecule has 0 amide bonds. The second-order valence-corrected chi connectivity index (χ2v) is 2.65. The molecule has 0 aliphatic heterocycles. The SMILES string of the molecule is N#Cc1cccc(-c2noc(N)n2)c1. The van der Waals surface area contributed by atoms with E-state index in [2.05, 4.69) is 14.7 Å². The Morgan fingerprint density at radius 2 is 2.29 bits per heavy atom. The second-order valence-electron chi connectivity index (χ2n) is 2.65. The minimum absolute atomic E-state index is 0.0161. The van der Waals surface area contributed by atoms with E-state index < -0.39 is 0 Å². The standard InChI is InChI=1S/C9H6N4O/c10-5-6-2-1-3-7(4-6)8-12-9(11)14-13-8/h1-4H,(H2,11,12,13). The Morgan fingerprint density at radius 1 is 1.43 bits per heavy atom. The van der Waals surface area contributed by atoms with E-state index in [4.69, 9.17) is 11.0 Å². The quantitative estimate of drug-likeness (QED) is 0.722. The highest BCUT2D eigenvalue weighted by molar-refractivity contribution is 5.57. The molecule has 0 atom stereocenters. The van der Waals surface area contributed by atoms with E-state index in [0.29, 0.717) is 17.0 Å². The lowest BCUT2D eigenvalue weighted by Gasteiger charge is -1.93. The van der Waals surface area contributed by atoms with Crippen LogP contribution >= 0.6 is 0 Å². The third-order valence-electron chi connectivity index (χ3n) is 1.69. The molecule has 0 saturated heterocycles. The Morgan fingerprint density at radius 3 is 2.93 bits per heavy atom. The number of hydrogen-bond donors (Lipinski definition) is 1. The van der Waals surface area contributed by atoms with E-state index in [-0.39, 0.29) is 6.01 Å². The second kappa shape index (κ2) is 3.18. The number of anilines is 1. The van der Waals surface area contributed by atoms with Crippen LogP contribution < -0.4 is 5.73 Å². The summed E-state index contributed by atoms with van der Waals surface area (Å²) < 4.78 is 4.63. The number of hydrogen-bond acceptors (Lipinski definition) is 5. The van der Waals surface area contributed by atoms with E-state index >= 15 is 0 Å². The zero-order valence-corrected chi connectivity index (χ0v) is 7.14. The van der Waals surface area contributed by atoms with Crippen LogP contribution in [-0.2, 0) is 0 Å². The van der Waals surface area contributed by atoms with Crippen LogP contribution in [0.2, 0.25) is 0 Å². The number of nitrogens with two attached hydrogens (primary N) is 1. The van der Waals surface area contributed by atoms with Gasteiger partial charge in [0, 0.05) is 5.56 Å². The van der Waals surface area contributed by atoms with Gasteiger partial charge in [0.05, 0.1) is 11.6 Å². The minimum Gasteiger partial charge on any atom is -0.351 e. The van der Waals surface area contributed by atoms with Gasteiger partial charge in [-0.25, -0.2) is 0 Å². The molecular formula is C9H6N4O. The average molecular weight is 186 g/mol. The van der Waals surface area contributed by atoms with E-state index in [1.165, 1.54) is 0 Å². The van der Waals surface area contributed by atoms with Crippen LogP contribution in [0.3, 0.4) is 0 Å². The molecule has 14 heavy (non-hydrogen) atoms. The molecule has 0 aliphatic rings. The zero-order chi connectivity index (χ0) is 9.97. The Balaban J connectivity index is 2.47. The van der Waals surface area contributed by atoms with Crippen molar-refractivity contribution < 1.29 is 4.52 Å². The Bertz CT molecular complexity index is 498. The summed E-state index contributed by atoms with van der Waals surface area (Å²) in [6.07, 6.45) is 0. The van der Waals surface area contributed by atoms with Crippen molar-refractivity contribution in [1.82, 2.24) is 10.1 Å². The molecule has 0 radical (unpaired) electrons. The maximum Gasteiger partial charge on any atom is 0.319 e. The van der Waals surface area contributed by atoms with Gasteiger partial charge >= 0.3 is 6.01 Å². The van der Waals surface area contributed by atoms with Gasteiger partial charge < -0.3 is 10.3 Å². The minimum atomic E-state index is 0.0161. The molecule has 0 aliphatic carbocycles. The highest BCUT2D eigenvalue weighted by Crippen LogP contribution is 2.17. The lowest BCUT2D eigenvalue weighted by atomic mass is 10.1. The van der Waals surface area contributed by atoms with Crippen molar-refractivity contribution in [3.63, 3.8) is 0 Å². The molecule has 0 fully saturated rings. The fraction of sp³-hybridized carbons (Fsp3) is 0. The van der Waals surface area contributed by atoms with Crippen molar-refractivity contribution in [3.8, 4) is 17.5 Å². The summed E-state index contributed by atoms with van der Waals surface area (Å²) in [6, 6.07) is 8.95. The van der Waals surface area contributed by atoms with E-state index in [1.807, 2.05) is 6.07 Å². The van der Waals surface area contributed by atoms with Crippen LogP contribution in [0.15, 0.2) is 28.8 Å². The molecule has 0 unspecified atom stereocenters. The van der Waals surface area contributed by atoms with Gasteiger partial charge in [0.1, 0.15) is 0 Å². The molecule has 1 aromatic heterocycles. The molecule has 0 spiro atoms. The van der Waals surface area contributed by atoms with Gasteiger partial charge in [-0.1, -0.05) is 17.3 Å². The molecule has 2 N–H and O–H groups in total. The summed E-state index contributed by atoms with van der Waals surface area (Å²) in [6.45, 7) is 0. The number of benzene rings is 1. The maximum atomic E-state index is 8.68. The van der Waals surface area contributed by atoms with Crippen LogP contribution in [0, 0.1) is 11.3 Å². The van der Waals surface area contributed by atoms with Crippen molar-refractivity contribution in [2.45, 2.75) is 0 Å².